The molecule has 0 saturated carbocycles. The Morgan fingerprint density at radius 2 is 1.96 bits per heavy atom. The molecule has 2 atom stereocenters. The first-order valence-corrected chi connectivity index (χ1v) is 10.4. The molecule has 0 radical (unpaired) electrons. The number of rotatable bonds is 6. The van der Waals surface area contributed by atoms with Crippen molar-refractivity contribution in [3.05, 3.63) is 33.4 Å². The normalized spacial score (nSPS) is 24.6. The van der Waals surface area contributed by atoms with Crippen LogP contribution in [0.4, 0.5) is 5.69 Å². The third kappa shape index (κ3) is 4.12. The number of esters is 1. The number of nitrogens with zero attached hydrogens (tertiary/aromatic N) is 1. The lowest BCUT2D eigenvalue weighted by molar-refractivity contribution is -0.385. The van der Waals surface area contributed by atoms with Gasteiger partial charge in [-0.05, 0) is 45.6 Å². The number of benzene rings is 1. The molecule has 27 heavy (non-hydrogen) atoms. The Bertz CT molecular complexity index is 858. The van der Waals surface area contributed by atoms with E-state index in [0.29, 0.717) is 24.9 Å². The van der Waals surface area contributed by atoms with E-state index in [-0.39, 0.29) is 28.7 Å². The molecule has 2 unspecified atom stereocenters. The maximum atomic E-state index is 12.8. The number of nitro benzene ring substituents is 1. The maximum absolute atomic E-state index is 12.8. The van der Waals surface area contributed by atoms with E-state index >= 15 is 0 Å². The molecule has 0 amide bonds. The number of hydrogen-bond donors (Lipinski definition) is 2. The monoisotopic (exact) mass is 397 g/mol. The van der Waals surface area contributed by atoms with Gasteiger partial charge in [-0.15, -0.1) is 0 Å². The van der Waals surface area contributed by atoms with Crippen molar-refractivity contribution in [2.45, 2.75) is 62.6 Å². The van der Waals surface area contributed by atoms with Crippen LogP contribution in [0.15, 0.2) is 17.0 Å². The number of sulfonamides is 1. The van der Waals surface area contributed by atoms with Crippen molar-refractivity contribution in [2.24, 2.45) is 0 Å². The van der Waals surface area contributed by atoms with Crippen LogP contribution in [-0.2, 0) is 14.8 Å². The molecule has 0 aromatic heterocycles. The van der Waals surface area contributed by atoms with Crippen molar-refractivity contribution in [3.8, 4) is 0 Å². The third-order valence-corrected chi connectivity index (χ3v) is 6.65. The standard InChI is InChI=1S/C17H23N3O6S/c1-3-26-17(21)15-8-14(9-16(10(15)2)20(22)23)27(24,25)19-13-6-11-4-5-12(7-13)18-11/h8-9,11-13,18-19H,3-7H2,1-2H3. The SMILES string of the molecule is CCOC(=O)c1cc(S(=O)(=O)NC2CC3CCC(C2)N3)cc([N+](=O)[O-])c1C. The zero-order valence-electron chi connectivity index (χ0n) is 15.2. The summed E-state index contributed by atoms with van der Waals surface area (Å²) in [5.74, 6) is -0.782. The van der Waals surface area contributed by atoms with Crippen LogP contribution < -0.4 is 10.0 Å². The second-order valence-corrected chi connectivity index (χ2v) is 8.73. The van der Waals surface area contributed by atoms with Gasteiger partial charge < -0.3 is 10.1 Å². The van der Waals surface area contributed by atoms with Crippen LogP contribution in [0.1, 0.15) is 48.5 Å². The first-order valence-electron chi connectivity index (χ1n) is 8.95. The van der Waals surface area contributed by atoms with Gasteiger partial charge in [-0.2, -0.15) is 0 Å². The van der Waals surface area contributed by atoms with Crippen molar-refractivity contribution in [3.63, 3.8) is 0 Å². The van der Waals surface area contributed by atoms with Crippen LogP contribution in [0.25, 0.3) is 0 Å². The molecule has 148 valence electrons. The Hall–Kier alpha value is -2.04. The first kappa shape index (κ1) is 19.7. The lowest BCUT2D eigenvalue weighted by Crippen LogP contribution is -2.47. The van der Waals surface area contributed by atoms with Crippen molar-refractivity contribution in [1.29, 1.82) is 0 Å². The summed E-state index contributed by atoms with van der Waals surface area (Å²) in [7, 11) is -4.01. The number of nitrogens with one attached hydrogen (secondary N) is 2. The Balaban J connectivity index is 1.94. The van der Waals surface area contributed by atoms with Crippen LogP contribution in [0.3, 0.4) is 0 Å². The number of carbonyl (C=O) groups is 1. The average molecular weight is 397 g/mol. The van der Waals surface area contributed by atoms with Gasteiger partial charge in [0.1, 0.15) is 0 Å². The number of nitro groups is 1. The van der Waals surface area contributed by atoms with Gasteiger partial charge in [0.2, 0.25) is 10.0 Å². The zero-order chi connectivity index (χ0) is 19.8. The van der Waals surface area contributed by atoms with E-state index in [4.69, 9.17) is 4.74 Å². The minimum atomic E-state index is -4.01. The molecule has 1 aromatic rings. The molecular weight excluding hydrogens is 374 g/mol. The van der Waals surface area contributed by atoms with Crippen molar-refractivity contribution in [1.82, 2.24) is 10.0 Å². The van der Waals surface area contributed by atoms with Crippen molar-refractivity contribution < 1.29 is 22.9 Å². The van der Waals surface area contributed by atoms with Crippen LogP contribution in [-0.4, -0.2) is 44.0 Å². The lowest BCUT2D eigenvalue weighted by atomic mass is 10.0. The van der Waals surface area contributed by atoms with Gasteiger partial charge in [-0.25, -0.2) is 17.9 Å². The Morgan fingerprint density at radius 3 is 2.52 bits per heavy atom. The fourth-order valence-corrected chi connectivity index (χ4v) is 5.19. The van der Waals surface area contributed by atoms with E-state index in [0.717, 1.165) is 25.0 Å². The minimum absolute atomic E-state index is 0.0808. The lowest BCUT2D eigenvalue weighted by Gasteiger charge is -2.29. The maximum Gasteiger partial charge on any atom is 0.338 e. The third-order valence-electron chi connectivity index (χ3n) is 5.15. The molecule has 2 bridgehead atoms. The van der Waals surface area contributed by atoms with E-state index in [2.05, 4.69) is 10.0 Å². The molecule has 0 spiro atoms. The predicted molar refractivity (Wildman–Crippen MR) is 97.1 cm³/mol. The molecule has 1 aromatic carbocycles. The summed E-state index contributed by atoms with van der Waals surface area (Å²) in [5, 5.41) is 14.8. The Kier molecular flexibility index (Phi) is 5.50. The fraction of sp³-hybridized carbons (Fsp3) is 0.588. The number of carbonyl (C=O) groups excluding carboxylic acids is 1. The zero-order valence-corrected chi connectivity index (χ0v) is 16.0. The fourth-order valence-electron chi connectivity index (χ4n) is 3.88. The van der Waals surface area contributed by atoms with Gasteiger partial charge in [-0.1, -0.05) is 0 Å². The number of ether oxygens (including phenoxy) is 1. The van der Waals surface area contributed by atoms with Gasteiger partial charge in [0.15, 0.2) is 0 Å². The van der Waals surface area contributed by atoms with Crippen LogP contribution in [0.2, 0.25) is 0 Å². The van der Waals surface area contributed by atoms with Crippen molar-refractivity contribution in [2.75, 3.05) is 6.61 Å². The summed E-state index contributed by atoms with van der Waals surface area (Å²) in [6, 6.07) is 2.49. The molecule has 2 saturated heterocycles. The first-order chi connectivity index (χ1) is 12.7. The van der Waals surface area contributed by atoms with Gasteiger partial charge >= 0.3 is 5.97 Å². The van der Waals surface area contributed by atoms with Crippen molar-refractivity contribution >= 4 is 21.7 Å². The smallest absolute Gasteiger partial charge is 0.338 e. The quantitative estimate of drug-likeness (QED) is 0.424. The summed E-state index contributed by atoms with van der Waals surface area (Å²) in [5.41, 5.74) is -0.458. The average Bonchev–Trinajstić information content (AvgIpc) is 2.93. The highest BCUT2D eigenvalue weighted by molar-refractivity contribution is 7.89. The second kappa shape index (κ2) is 7.53. The highest BCUT2D eigenvalue weighted by Crippen LogP contribution is 2.30. The summed E-state index contributed by atoms with van der Waals surface area (Å²) in [4.78, 5) is 22.5. The summed E-state index contributed by atoms with van der Waals surface area (Å²) >= 11 is 0. The van der Waals surface area contributed by atoms with E-state index in [1.54, 1.807) is 6.92 Å². The highest BCUT2D eigenvalue weighted by atomic mass is 32.2. The van der Waals surface area contributed by atoms with E-state index in [9.17, 15) is 23.3 Å². The molecule has 9 nitrogen and oxygen atoms in total. The van der Waals surface area contributed by atoms with Gasteiger partial charge in [0.25, 0.3) is 5.69 Å². The molecule has 2 N–H and O–H groups in total. The van der Waals surface area contributed by atoms with Crippen LogP contribution in [0.5, 0.6) is 0 Å². The molecular formula is C17H23N3O6S. The molecule has 3 rings (SSSR count). The molecule has 2 aliphatic heterocycles. The molecule has 2 aliphatic rings. The Morgan fingerprint density at radius 1 is 1.33 bits per heavy atom. The van der Waals surface area contributed by atoms with Gasteiger partial charge in [0, 0.05) is 29.8 Å². The van der Waals surface area contributed by atoms with Gasteiger partial charge in [0.05, 0.1) is 22.0 Å². The van der Waals surface area contributed by atoms with Gasteiger partial charge in [-0.3, -0.25) is 10.1 Å². The minimum Gasteiger partial charge on any atom is -0.462 e. The molecule has 2 fully saturated rings. The second-order valence-electron chi connectivity index (χ2n) is 7.02. The molecule has 2 heterocycles. The van der Waals surface area contributed by atoms with Crippen LogP contribution >= 0.6 is 0 Å². The van der Waals surface area contributed by atoms with E-state index in [1.165, 1.54) is 6.92 Å². The summed E-state index contributed by atoms with van der Waals surface area (Å²) in [6.45, 7) is 3.09. The summed E-state index contributed by atoms with van der Waals surface area (Å²) < 4.78 is 33.3. The highest BCUT2D eigenvalue weighted by Gasteiger charge is 2.36. The number of hydrogen-bond acceptors (Lipinski definition) is 7. The number of piperidine rings is 1. The van der Waals surface area contributed by atoms with Crippen LogP contribution in [0, 0.1) is 17.0 Å². The Labute approximate surface area is 157 Å². The van der Waals surface area contributed by atoms with E-state index < -0.39 is 26.6 Å². The largest absolute Gasteiger partial charge is 0.462 e. The summed E-state index contributed by atoms with van der Waals surface area (Å²) in [6.07, 6.45) is 3.39. The topological polar surface area (TPSA) is 128 Å². The molecule has 10 heteroatoms. The molecule has 0 aliphatic carbocycles. The van der Waals surface area contributed by atoms with E-state index in [1.807, 2.05) is 0 Å². The predicted octanol–water partition coefficient (Wildman–Crippen LogP) is 1.64. The number of fused-ring (bicyclic) bond motifs is 2.